The van der Waals surface area contributed by atoms with E-state index in [1.807, 2.05) is 13.8 Å². The predicted molar refractivity (Wildman–Crippen MR) is 89.9 cm³/mol. The van der Waals surface area contributed by atoms with Gasteiger partial charge in [-0.25, -0.2) is 4.79 Å². The first kappa shape index (κ1) is 20.7. The van der Waals surface area contributed by atoms with E-state index in [9.17, 15) is 9.59 Å². The normalized spacial score (nSPS) is 9.30. The van der Waals surface area contributed by atoms with Gasteiger partial charge in [-0.2, -0.15) is 0 Å². The molecule has 0 heterocycles. The highest BCUT2D eigenvalue weighted by Crippen LogP contribution is 2.13. The Bertz CT molecular complexity index is 461. The number of unbranched alkanes of at least 4 members (excludes halogenated alkanes) is 3. The molecule has 5 nitrogen and oxygen atoms in total. The second kappa shape index (κ2) is 13.4. The number of benzene rings is 1. The van der Waals surface area contributed by atoms with Gasteiger partial charge in [0.15, 0.2) is 0 Å². The van der Waals surface area contributed by atoms with E-state index in [1.54, 1.807) is 12.1 Å². The van der Waals surface area contributed by atoms with E-state index in [0.717, 1.165) is 25.7 Å². The molecule has 128 valence electrons. The molecule has 0 atom stereocenters. The maximum Gasteiger partial charge on any atom is 0.335 e. The fraction of sp³-hybridized carbons (Fsp3) is 0.444. The molecule has 0 saturated carbocycles. The summed E-state index contributed by atoms with van der Waals surface area (Å²) in [5, 5.41) is 8.74. The van der Waals surface area contributed by atoms with Crippen molar-refractivity contribution in [1.29, 1.82) is 0 Å². The molecule has 0 spiro atoms. The lowest BCUT2D eigenvalue weighted by atomic mass is 10.2. The molecular formula is C18H26O5. The highest BCUT2D eigenvalue weighted by Gasteiger charge is 2.01. The van der Waals surface area contributed by atoms with Crippen LogP contribution in [0, 0.1) is 0 Å². The first-order valence-electron chi connectivity index (χ1n) is 7.61. The number of carbonyl (C=O) groups is 2. The smallest absolute Gasteiger partial charge is 0.335 e. The number of rotatable bonds is 10. The standard InChI is InChI=1S/C14H18O5.C4H8/c15-11-18-9-3-1-2-4-10-19-13-7-5-12(6-8-13)14(16)17;1-4(2)3/h5-8,11H,1-4,9-10H2,(H,16,17);1H2,2-3H3. The fourth-order valence-corrected chi connectivity index (χ4v) is 1.57. The van der Waals surface area contributed by atoms with Gasteiger partial charge in [0, 0.05) is 0 Å². The maximum atomic E-state index is 10.6. The van der Waals surface area contributed by atoms with Gasteiger partial charge < -0.3 is 14.6 Å². The number of carboxylic acid groups (broad SMARTS) is 1. The Morgan fingerprint density at radius 2 is 1.61 bits per heavy atom. The van der Waals surface area contributed by atoms with Gasteiger partial charge in [0.05, 0.1) is 18.8 Å². The predicted octanol–water partition coefficient (Wildman–Crippen LogP) is 4.08. The molecule has 5 heteroatoms. The van der Waals surface area contributed by atoms with Crippen LogP contribution in [0.15, 0.2) is 36.4 Å². The minimum absolute atomic E-state index is 0.252. The minimum Gasteiger partial charge on any atom is -0.494 e. The van der Waals surface area contributed by atoms with Gasteiger partial charge in [-0.1, -0.05) is 5.57 Å². The van der Waals surface area contributed by atoms with E-state index in [0.29, 0.717) is 25.4 Å². The zero-order valence-corrected chi connectivity index (χ0v) is 13.9. The number of carboxylic acids is 1. The molecule has 1 aromatic rings. The average Bonchev–Trinajstić information content (AvgIpc) is 2.50. The summed E-state index contributed by atoms with van der Waals surface area (Å²) in [6, 6.07) is 6.35. The van der Waals surface area contributed by atoms with Crippen LogP contribution in [0.5, 0.6) is 5.75 Å². The molecule has 0 aliphatic rings. The molecule has 0 saturated heterocycles. The summed E-state index contributed by atoms with van der Waals surface area (Å²) < 4.78 is 10.1. The van der Waals surface area contributed by atoms with Crippen molar-refractivity contribution in [1.82, 2.24) is 0 Å². The van der Waals surface area contributed by atoms with Crippen molar-refractivity contribution >= 4 is 12.4 Å². The van der Waals surface area contributed by atoms with Crippen molar-refractivity contribution in [2.24, 2.45) is 0 Å². The highest BCUT2D eigenvalue weighted by atomic mass is 16.5. The number of hydrogen-bond donors (Lipinski definition) is 1. The van der Waals surface area contributed by atoms with Gasteiger partial charge in [0.1, 0.15) is 5.75 Å². The monoisotopic (exact) mass is 322 g/mol. The molecule has 0 aliphatic carbocycles. The van der Waals surface area contributed by atoms with E-state index in [4.69, 9.17) is 9.84 Å². The molecule has 0 aromatic heterocycles. The van der Waals surface area contributed by atoms with E-state index < -0.39 is 5.97 Å². The topological polar surface area (TPSA) is 72.8 Å². The summed E-state index contributed by atoms with van der Waals surface area (Å²) in [5.74, 6) is -0.265. The molecule has 23 heavy (non-hydrogen) atoms. The highest BCUT2D eigenvalue weighted by molar-refractivity contribution is 5.87. The summed E-state index contributed by atoms with van der Waals surface area (Å²) in [7, 11) is 0. The van der Waals surface area contributed by atoms with Crippen LogP contribution >= 0.6 is 0 Å². The van der Waals surface area contributed by atoms with E-state index in [-0.39, 0.29) is 5.56 Å². The van der Waals surface area contributed by atoms with Crippen LogP contribution in [0.25, 0.3) is 0 Å². The largest absolute Gasteiger partial charge is 0.494 e. The SMILES string of the molecule is C=C(C)C.O=COCCCCCCOc1ccc(C(=O)O)cc1. The second-order valence-corrected chi connectivity index (χ2v) is 5.27. The van der Waals surface area contributed by atoms with Crippen molar-refractivity contribution in [3.8, 4) is 5.75 Å². The van der Waals surface area contributed by atoms with Gasteiger partial charge in [0.2, 0.25) is 0 Å². The van der Waals surface area contributed by atoms with E-state index >= 15 is 0 Å². The molecule has 1 aromatic carbocycles. The van der Waals surface area contributed by atoms with Crippen molar-refractivity contribution in [3.05, 3.63) is 42.0 Å². The molecule has 1 N–H and O–H groups in total. The molecule has 0 unspecified atom stereocenters. The Morgan fingerprint density at radius 1 is 1.09 bits per heavy atom. The van der Waals surface area contributed by atoms with Gasteiger partial charge in [-0.05, 0) is 63.8 Å². The summed E-state index contributed by atoms with van der Waals surface area (Å²) in [6.07, 6.45) is 3.79. The van der Waals surface area contributed by atoms with Gasteiger partial charge >= 0.3 is 5.97 Å². The molecule has 0 radical (unpaired) electrons. The quantitative estimate of drug-likeness (QED) is 0.399. The van der Waals surface area contributed by atoms with Crippen LogP contribution in [0.4, 0.5) is 0 Å². The van der Waals surface area contributed by atoms with Gasteiger partial charge in [-0.15, -0.1) is 6.58 Å². The Hall–Kier alpha value is -2.30. The minimum atomic E-state index is -0.941. The van der Waals surface area contributed by atoms with Crippen LogP contribution in [0.2, 0.25) is 0 Å². The fourth-order valence-electron chi connectivity index (χ4n) is 1.57. The van der Waals surface area contributed by atoms with Gasteiger partial charge in [0.25, 0.3) is 6.47 Å². The van der Waals surface area contributed by atoms with Gasteiger partial charge in [-0.3, -0.25) is 4.79 Å². The number of allylic oxidation sites excluding steroid dienone is 1. The Morgan fingerprint density at radius 3 is 2.09 bits per heavy atom. The van der Waals surface area contributed by atoms with Crippen molar-refractivity contribution in [2.75, 3.05) is 13.2 Å². The molecule has 0 amide bonds. The Labute approximate surface area is 137 Å². The van der Waals surface area contributed by atoms with Crippen molar-refractivity contribution in [3.63, 3.8) is 0 Å². The van der Waals surface area contributed by atoms with Crippen LogP contribution < -0.4 is 4.74 Å². The average molecular weight is 322 g/mol. The molecular weight excluding hydrogens is 296 g/mol. The first-order chi connectivity index (χ1) is 11.0. The van der Waals surface area contributed by atoms with Crippen molar-refractivity contribution in [2.45, 2.75) is 39.5 Å². The third-order valence-corrected chi connectivity index (χ3v) is 2.59. The Kier molecular flexibility index (Phi) is 12.0. The first-order valence-corrected chi connectivity index (χ1v) is 7.61. The lowest BCUT2D eigenvalue weighted by Gasteiger charge is -2.06. The number of ether oxygens (including phenoxy) is 2. The van der Waals surface area contributed by atoms with Crippen LogP contribution in [-0.2, 0) is 9.53 Å². The van der Waals surface area contributed by atoms with Crippen LogP contribution in [-0.4, -0.2) is 30.8 Å². The molecule has 0 bridgehead atoms. The summed E-state index contributed by atoms with van der Waals surface area (Å²) in [6.45, 7) is 9.03. The third kappa shape index (κ3) is 13.1. The molecule has 0 fully saturated rings. The van der Waals surface area contributed by atoms with Crippen LogP contribution in [0.1, 0.15) is 49.9 Å². The van der Waals surface area contributed by atoms with Crippen LogP contribution in [0.3, 0.4) is 0 Å². The molecule has 1 rings (SSSR count). The zero-order valence-electron chi connectivity index (χ0n) is 13.9. The number of carbonyl (C=O) groups excluding carboxylic acids is 1. The number of hydrogen-bond acceptors (Lipinski definition) is 4. The summed E-state index contributed by atoms with van der Waals surface area (Å²) >= 11 is 0. The lowest BCUT2D eigenvalue weighted by Crippen LogP contribution is -1.99. The summed E-state index contributed by atoms with van der Waals surface area (Å²) in [4.78, 5) is 20.5. The number of aromatic carboxylic acids is 1. The maximum absolute atomic E-state index is 10.6. The third-order valence-electron chi connectivity index (χ3n) is 2.59. The Balaban J connectivity index is 0.00000108. The second-order valence-electron chi connectivity index (χ2n) is 5.27. The zero-order chi connectivity index (χ0) is 17.5. The van der Waals surface area contributed by atoms with E-state index in [1.165, 1.54) is 17.7 Å². The molecule has 0 aliphatic heterocycles. The lowest BCUT2D eigenvalue weighted by molar-refractivity contribution is -0.128. The van der Waals surface area contributed by atoms with Crippen molar-refractivity contribution < 1.29 is 24.2 Å². The summed E-state index contributed by atoms with van der Waals surface area (Å²) in [5.41, 5.74) is 1.42. The van der Waals surface area contributed by atoms with E-state index in [2.05, 4.69) is 11.3 Å².